The zero-order valence-electron chi connectivity index (χ0n) is 11.5. The van der Waals surface area contributed by atoms with Crippen molar-refractivity contribution in [2.45, 2.75) is 10.6 Å². The van der Waals surface area contributed by atoms with Crippen LogP contribution in [0.1, 0.15) is 5.56 Å². The van der Waals surface area contributed by atoms with Crippen molar-refractivity contribution in [3.63, 3.8) is 0 Å². The molecule has 3 aromatic carbocycles. The van der Waals surface area contributed by atoms with Crippen LogP contribution < -0.4 is 0 Å². The number of rotatable bonds is 3. The first-order valence-corrected chi connectivity index (χ1v) is 8.78. The summed E-state index contributed by atoms with van der Waals surface area (Å²) in [6, 6.07) is 24.3. The minimum absolute atomic E-state index is 0.585. The molecule has 100 valence electrons. The maximum absolute atomic E-state index is 12.9. The molecule has 0 aliphatic rings. The molecule has 0 fully saturated rings. The molecular formula is C18H17OS+. The third kappa shape index (κ3) is 2.66. The van der Waals surface area contributed by atoms with Crippen molar-refractivity contribution in [1.82, 2.24) is 0 Å². The van der Waals surface area contributed by atoms with E-state index in [1.807, 2.05) is 48.7 Å². The Balaban J connectivity index is 1.95. The number of fused-ring (bicyclic) bond motifs is 1. The summed E-state index contributed by atoms with van der Waals surface area (Å²) in [6.07, 6.45) is 1.84. The van der Waals surface area contributed by atoms with Gasteiger partial charge in [-0.15, -0.1) is 0 Å². The van der Waals surface area contributed by atoms with E-state index in [0.29, 0.717) is 5.75 Å². The van der Waals surface area contributed by atoms with Crippen molar-refractivity contribution in [3.05, 3.63) is 78.4 Å². The standard InChI is InChI=1S/C18H17OS/c1-20(19,18-9-3-2-4-10-18)14-15-11-12-16-7-5-6-8-17(16)13-15/h2-13H,14H2,1H3/q+1. The van der Waals surface area contributed by atoms with E-state index in [9.17, 15) is 4.21 Å². The van der Waals surface area contributed by atoms with Gasteiger partial charge in [0.1, 0.15) is 21.9 Å². The van der Waals surface area contributed by atoms with Crippen molar-refractivity contribution in [2.75, 3.05) is 6.26 Å². The Bertz CT molecular complexity index is 778. The second-order valence-corrected chi connectivity index (χ2v) is 7.91. The molecule has 0 amide bonds. The van der Waals surface area contributed by atoms with Crippen molar-refractivity contribution in [1.29, 1.82) is 0 Å². The first-order valence-electron chi connectivity index (χ1n) is 6.65. The number of hydrogen-bond donors (Lipinski definition) is 0. The Morgan fingerprint density at radius 1 is 0.800 bits per heavy atom. The largest absolute Gasteiger partial charge is 0.158 e. The van der Waals surface area contributed by atoms with E-state index in [1.165, 1.54) is 10.8 Å². The molecule has 0 N–H and O–H groups in total. The zero-order chi connectivity index (χ0) is 14.0. The Morgan fingerprint density at radius 2 is 1.45 bits per heavy atom. The van der Waals surface area contributed by atoms with Gasteiger partial charge in [-0.2, -0.15) is 0 Å². The van der Waals surface area contributed by atoms with E-state index in [-0.39, 0.29) is 0 Å². The lowest BCUT2D eigenvalue weighted by Crippen LogP contribution is -2.11. The van der Waals surface area contributed by atoms with Crippen LogP contribution in [0, 0.1) is 0 Å². The van der Waals surface area contributed by atoms with Crippen molar-refractivity contribution in [3.8, 4) is 0 Å². The fourth-order valence-corrected chi connectivity index (χ4v) is 4.15. The lowest BCUT2D eigenvalue weighted by atomic mass is 10.1. The zero-order valence-corrected chi connectivity index (χ0v) is 12.3. The molecule has 1 nitrogen and oxygen atoms in total. The van der Waals surface area contributed by atoms with Crippen LogP contribution in [0.15, 0.2) is 77.7 Å². The second kappa shape index (κ2) is 5.22. The molecule has 0 saturated heterocycles. The average Bonchev–Trinajstić information content (AvgIpc) is 2.48. The molecule has 20 heavy (non-hydrogen) atoms. The number of benzene rings is 3. The second-order valence-electron chi connectivity index (χ2n) is 5.14. The molecule has 0 bridgehead atoms. The molecule has 0 spiro atoms. The monoisotopic (exact) mass is 281 g/mol. The van der Waals surface area contributed by atoms with Gasteiger partial charge in [0.2, 0.25) is 0 Å². The summed E-state index contributed by atoms with van der Waals surface area (Å²) >= 11 is 0. The Labute approximate surface area is 120 Å². The fourth-order valence-electron chi connectivity index (χ4n) is 2.44. The van der Waals surface area contributed by atoms with E-state index in [2.05, 4.69) is 30.3 Å². The molecule has 1 unspecified atom stereocenters. The predicted octanol–water partition coefficient (Wildman–Crippen LogP) is 4.53. The van der Waals surface area contributed by atoms with E-state index in [1.54, 1.807) is 0 Å². The van der Waals surface area contributed by atoms with E-state index in [4.69, 9.17) is 0 Å². The summed E-state index contributed by atoms with van der Waals surface area (Å²) in [5.41, 5.74) is 1.13. The Morgan fingerprint density at radius 3 is 2.20 bits per heavy atom. The van der Waals surface area contributed by atoms with Crippen LogP contribution in [-0.2, 0) is 19.9 Å². The van der Waals surface area contributed by atoms with Crippen LogP contribution in [0.4, 0.5) is 0 Å². The maximum Gasteiger partial charge on any atom is 0.158 e. The van der Waals surface area contributed by atoms with Gasteiger partial charge in [-0.3, -0.25) is 0 Å². The van der Waals surface area contributed by atoms with Gasteiger partial charge in [0.05, 0.1) is 0 Å². The highest BCUT2D eigenvalue weighted by Gasteiger charge is 2.24. The summed E-state index contributed by atoms with van der Waals surface area (Å²) in [7, 11) is -2.03. The van der Waals surface area contributed by atoms with Crippen molar-refractivity contribution in [2.24, 2.45) is 0 Å². The maximum atomic E-state index is 12.9. The Kier molecular flexibility index (Phi) is 3.41. The number of hydrogen-bond acceptors (Lipinski definition) is 1. The highest BCUT2D eigenvalue weighted by atomic mass is 32.2. The normalized spacial score (nSPS) is 14.1. The van der Waals surface area contributed by atoms with Gasteiger partial charge < -0.3 is 0 Å². The predicted molar refractivity (Wildman–Crippen MR) is 86.3 cm³/mol. The van der Waals surface area contributed by atoms with Crippen LogP contribution in [0.3, 0.4) is 0 Å². The highest BCUT2D eigenvalue weighted by molar-refractivity contribution is 8.01. The van der Waals surface area contributed by atoms with Crippen LogP contribution in [0.5, 0.6) is 0 Å². The summed E-state index contributed by atoms with van der Waals surface area (Å²) < 4.78 is 12.9. The van der Waals surface area contributed by atoms with Crippen molar-refractivity contribution >= 4 is 20.7 Å². The van der Waals surface area contributed by atoms with E-state index >= 15 is 0 Å². The fraction of sp³-hybridized carbons (Fsp3) is 0.111. The average molecular weight is 281 g/mol. The molecule has 2 heteroatoms. The van der Waals surface area contributed by atoms with Crippen LogP contribution in [-0.4, -0.2) is 6.26 Å². The first-order chi connectivity index (χ1) is 9.65. The summed E-state index contributed by atoms with van der Waals surface area (Å²) in [5.74, 6) is 0.585. The van der Waals surface area contributed by atoms with Gasteiger partial charge in [-0.25, -0.2) is 0 Å². The quantitative estimate of drug-likeness (QED) is 0.645. The molecule has 3 aromatic rings. The third-order valence-corrected chi connectivity index (χ3v) is 5.65. The molecule has 3 rings (SSSR count). The minimum Gasteiger partial charge on any atom is -0.0996 e. The Hall–Kier alpha value is -1.93. The minimum atomic E-state index is -2.03. The summed E-state index contributed by atoms with van der Waals surface area (Å²) in [6.45, 7) is 0. The highest BCUT2D eigenvalue weighted by Crippen LogP contribution is 2.24. The topological polar surface area (TPSA) is 17.1 Å². The van der Waals surface area contributed by atoms with Crippen LogP contribution in [0.2, 0.25) is 0 Å². The molecule has 0 heterocycles. The van der Waals surface area contributed by atoms with Gasteiger partial charge in [-0.1, -0.05) is 58.8 Å². The van der Waals surface area contributed by atoms with Gasteiger partial charge in [0, 0.05) is 5.56 Å². The molecule has 0 saturated carbocycles. The first kappa shape index (κ1) is 13.1. The summed E-state index contributed by atoms with van der Waals surface area (Å²) in [4.78, 5) is 0.924. The van der Waals surface area contributed by atoms with Gasteiger partial charge >= 0.3 is 0 Å². The lowest BCUT2D eigenvalue weighted by molar-refractivity contribution is 0.587. The lowest BCUT2D eigenvalue weighted by Gasteiger charge is -2.08. The molecular weight excluding hydrogens is 264 g/mol. The van der Waals surface area contributed by atoms with Gasteiger partial charge in [0.25, 0.3) is 0 Å². The van der Waals surface area contributed by atoms with E-state index in [0.717, 1.165) is 10.5 Å². The smallest absolute Gasteiger partial charge is 0.0996 e. The molecule has 0 aliphatic carbocycles. The SMILES string of the molecule is C[S+](=O)(Cc1ccc2ccccc2c1)c1ccccc1. The third-order valence-electron chi connectivity index (χ3n) is 3.50. The molecule has 0 aromatic heterocycles. The molecule has 1 atom stereocenters. The summed E-state index contributed by atoms with van der Waals surface area (Å²) in [5, 5.41) is 2.42. The molecule has 0 aliphatic heterocycles. The van der Waals surface area contributed by atoms with E-state index < -0.39 is 9.93 Å². The van der Waals surface area contributed by atoms with Crippen LogP contribution >= 0.6 is 0 Å². The van der Waals surface area contributed by atoms with Gasteiger partial charge in [0.15, 0.2) is 4.90 Å². The van der Waals surface area contributed by atoms with Crippen LogP contribution in [0.25, 0.3) is 10.8 Å². The molecule has 0 radical (unpaired) electrons. The van der Waals surface area contributed by atoms with Crippen molar-refractivity contribution < 1.29 is 4.21 Å². The van der Waals surface area contributed by atoms with Gasteiger partial charge in [-0.05, 0) is 29.0 Å².